The fourth-order valence-corrected chi connectivity index (χ4v) is 3.10. The molecule has 1 N–H and O–H groups in total. The summed E-state index contributed by atoms with van der Waals surface area (Å²) in [4.78, 5) is 20.3. The highest BCUT2D eigenvalue weighted by Gasteiger charge is 2.27. The van der Waals surface area contributed by atoms with E-state index in [2.05, 4.69) is 30.7 Å². The molecule has 5 heteroatoms. The highest BCUT2D eigenvalue weighted by atomic mass is 32.2. The second-order valence-corrected chi connectivity index (χ2v) is 8.13. The van der Waals surface area contributed by atoms with Crippen LogP contribution in [0, 0.1) is 12.8 Å². The maximum absolute atomic E-state index is 11.1. The quantitative estimate of drug-likeness (QED) is 0.928. The molecule has 1 aromatic heterocycles. The van der Waals surface area contributed by atoms with E-state index in [0.717, 1.165) is 34.9 Å². The number of aryl methyl sites for hydroxylation is 2. The number of carbonyl (C=O) groups is 1. The van der Waals surface area contributed by atoms with Gasteiger partial charge in [0.25, 0.3) is 0 Å². The Bertz CT molecular complexity index is 523. The van der Waals surface area contributed by atoms with Gasteiger partial charge in [0.2, 0.25) is 0 Å². The molecule has 0 radical (unpaired) electrons. The van der Waals surface area contributed by atoms with Gasteiger partial charge in [-0.25, -0.2) is 9.97 Å². The van der Waals surface area contributed by atoms with Crippen LogP contribution < -0.4 is 0 Å². The van der Waals surface area contributed by atoms with E-state index in [1.165, 1.54) is 0 Å². The second-order valence-electron chi connectivity index (χ2n) is 6.33. The molecule has 1 aromatic rings. The number of hydrogen-bond acceptors (Lipinski definition) is 4. The zero-order valence-corrected chi connectivity index (χ0v) is 13.4. The largest absolute Gasteiger partial charge is 0.481 e. The molecule has 0 saturated carbocycles. The third kappa shape index (κ3) is 3.72. The van der Waals surface area contributed by atoms with Gasteiger partial charge in [-0.2, -0.15) is 0 Å². The molecule has 0 fully saturated rings. The average molecular weight is 294 g/mol. The van der Waals surface area contributed by atoms with E-state index in [9.17, 15) is 4.79 Å². The smallest absolute Gasteiger partial charge is 0.306 e. The molecule has 2 rings (SSSR count). The van der Waals surface area contributed by atoms with Crippen LogP contribution in [0.25, 0.3) is 0 Å². The van der Waals surface area contributed by atoms with Gasteiger partial charge >= 0.3 is 5.97 Å². The van der Waals surface area contributed by atoms with Gasteiger partial charge < -0.3 is 5.11 Å². The molecule has 0 amide bonds. The van der Waals surface area contributed by atoms with Crippen molar-refractivity contribution in [2.75, 3.05) is 0 Å². The van der Waals surface area contributed by atoms with E-state index in [0.29, 0.717) is 12.8 Å². The Morgan fingerprint density at radius 2 is 2.10 bits per heavy atom. The van der Waals surface area contributed by atoms with Gasteiger partial charge in [-0.05, 0) is 31.7 Å². The van der Waals surface area contributed by atoms with Crippen LogP contribution in [0.3, 0.4) is 0 Å². The summed E-state index contributed by atoms with van der Waals surface area (Å²) in [7, 11) is 0. The number of thioether (sulfide) groups is 1. The molecular formula is C15H22N2O2S. The van der Waals surface area contributed by atoms with Crippen LogP contribution in [0.4, 0.5) is 0 Å². The van der Waals surface area contributed by atoms with Gasteiger partial charge in [-0.3, -0.25) is 4.79 Å². The van der Waals surface area contributed by atoms with Gasteiger partial charge in [0.05, 0.1) is 11.7 Å². The first-order valence-electron chi connectivity index (χ1n) is 6.98. The van der Waals surface area contributed by atoms with Gasteiger partial charge in [-0.1, -0.05) is 20.8 Å². The Labute approximate surface area is 124 Å². The molecular weight excluding hydrogens is 272 g/mol. The molecule has 1 heterocycles. The molecule has 0 spiro atoms. The van der Waals surface area contributed by atoms with Crippen LogP contribution in [0.1, 0.15) is 50.0 Å². The number of carboxylic acids is 1. The lowest BCUT2D eigenvalue weighted by Gasteiger charge is -2.23. The predicted octanol–water partition coefficient (Wildman–Crippen LogP) is 3.01. The van der Waals surface area contributed by atoms with Gasteiger partial charge in [0.1, 0.15) is 5.82 Å². The van der Waals surface area contributed by atoms with Gasteiger partial charge in [-0.15, -0.1) is 11.8 Å². The molecule has 1 atom stereocenters. The third-order valence-corrected chi connectivity index (χ3v) is 4.78. The Kier molecular flexibility index (Phi) is 4.37. The molecule has 1 unspecified atom stereocenters. The molecule has 20 heavy (non-hydrogen) atoms. The van der Waals surface area contributed by atoms with Crippen molar-refractivity contribution in [3.8, 4) is 0 Å². The number of aromatic nitrogens is 2. The first-order chi connectivity index (χ1) is 9.26. The van der Waals surface area contributed by atoms with E-state index >= 15 is 0 Å². The number of carboxylic acid groups (broad SMARTS) is 1. The van der Waals surface area contributed by atoms with Crippen LogP contribution in [0.2, 0.25) is 0 Å². The van der Waals surface area contributed by atoms with Crippen molar-refractivity contribution in [1.82, 2.24) is 9.97 Å². The standard InChI is InChI=1S/C15H22N2O2S/c1-9-11-7-10(14(18)19)5-6-12(11)17-13(16-9)8-20-15(2,3)4/h10H,5-8H2,1-4H3,(H,18,19). The average Bonchev–Trinajstić information content (AvgIpc) is 2.35. The van der Waals surface area contributed by atoms with Crippen LogP contribution >= 0.6 is 11.8 Å². The van der Waals surface area contributed by atoms with Crippen molar-refractivity contribution in [2.24, 2.45) is 5.92 Å². The molecule has 110 valence electrons. The third-order valence-electron chi connectivity index (χ3n) is 3.51. The highest BCUT2D eigenvalue weighted by molar-refractivity contribution is 7.99. The number of rotatable bonds is 3. The summed E-state index contributed by atoms with van der Waals surface area (Å²) in [6.45, 7) is 8.51. The van der Waals surface area contributed by atoms with Crippen molar-refractivity contribution in [3.63, 3.8) is 0 Å². The maximum Gasteiger partial charge on any atom is 0.306 e. The number of fused-ring (bicyclic) bond motifs is 1. The minimum Gasteiger partial charge on any atom is -0.481 e. The summed E-state index contributed by atoms with van der Waals surface area (Å²) in [6.07, 6.45) is 2.01. The van der Waals surface area contributed by atoms with Gasteiger partial charge in [0, 0.05) is 16.1 Å². The topological polar surface area (TPSA) is 63.1 Å². The fourth-order valence-electron chi connectivity index (χ4n) is 2.41. The number of nitrogens with zero attached hydrogens (tertiary/aromatic N) is 2. The Balaban J connectivity index is 2.18. The second kappa shape index (κ2) is 5.72. The normalized spacial score (nSPS) is 18.7. The Morgan fingerprint density at radius 1 is 1.40 bits per heavy atom. The van der Waals surface area contributed by atoms with E-state index < -0.39 is 5.97 Å². The van der Waals surface area contributed by atoms with Crippen LogP contribution in [-0.2, 0) is 23.4 Å². The zero-order valence-electron chi connectivity index (χ0n) is 12.6. The van der Waals surface area contributed by atoms with Gasteiger partial charge in [0.15, 0.2) is 0 Å². The first kappa shape index (κ1) is 15.3. The lowest BCUT2D eigenvalue weighted by atomic mass is 9.86. The minimum atomic E-state index is -0.706. The van der Waals surface area contributed by atoms with Crippen molar-refractivity contribution in [1.29, 1.82) is 0 Å². The Hall–Kier alpha value is -1.10. The first-order valence-corrected chi connectivity index (χ1v) is 7.97. The minimum absolute atomic E-state index is 0.196. The van der Waals surface area contributed by atoms with E-state index in [4.69, 9.17) is 5.11 Å². The van der Waals surface area contributed by atoms with Crippen molar-refractivity contribution in [3.05, 3.63) is 22.8 Å². The maximum atomic E-state index is 11.1. The molecule has 4 nitrogen and oxygen atoms in total. The van der Waals surface area contributed by atoms with E-state index in [1.807, 2.05) is 18.7 Å². The van der Waals surface area contributed by atoms with Crippen molar-refractivity contribution < 1.29 is 9.90 Å². The summed E-state index contributed by atoms with van der Waals surface area (Å²) >= 11 is 1.83. The lowest BCUT2D eigenvalue weighted by molar-refractivity contribution is -0.142. The highest BCUT2D eigenvalue weighted by Crippen LogP contribution is 2.29. The zero-order chi connectivity index (χ0) is 14.9. The van der Waals surface area contributed by atoms with Crippen molar-refractivity contribution in [2.45, 2.75) is 57.5 Å². The summed E-state index contributed by atoms with van der Waals surface area (Å²) in [5.41, 5.74) is 3.05. The lowest BCUT2D eigenvalue weighted by Crippen LogP contribution is -2.24. The molecule has 0 aromatic carbocycles. The SMILES string of the molecule is Cc1nc(CSC(C)(C)C)nc2c1CC(C(=O)O)CC2. The predicted molar refractivity (Wildman–Crippen MR) is 81.0 cm³/mol. The van der Waals surface area contributed by atoms with Crippen LogP contribution in [-0.4, -0.2) is 25.8 Å². The molecule has 0 aliphatic heterocycles. The summed E-state index contributed by atoms with van der Waals surface area (Å²) in [6, 6.07) is 0. The van der Waals surface area contributed by atoms with Crippen LogP contribution in [0.5, 0.6) is 0 Å². The Morgan fingerprint density at radius 3 is 2.70 bits per heavy atom. The molecule has 1 aliphatic carbocycles. The van der Waals surface area contributed by atoms with Crippen LogP contribution in [0.15, 0.2) is 0 Å². The van der Waals surface area contributed by atoms with E-state index in [1.54, 1.807) is 0 Å². The summed E-state index contributed by atoms with van der Waals surface area (Å²) < 4.78 is 0.196. The van der Waals surface area contributed by atoms with Crippen molar-refractivity contribution >= 4 is 17.7 Å². The fraction of sp³-hybridized carbons (Fsp3) is 0.667. The summed E-state index contributed by atoms with van der Waals surface area (Å²) in [5.74, 6) is 0.692. The summed E-state index contributed by atoms with van der Waals surface area (Å²) in [5, 5.41) is 9.14. The van der Waals surface area contributed by atoms with E-state index in [-0.39, 0.29) is 10.7 Å². The molecule has 0 bridgehead atoms. The monoisotopic (exact) mass is 294 g/mol. The number of aliphatic carboxylic acids is 1. The molecule has 0 saturated heterocycles. The molecule has 1 aliphatic rings. The number of hydrogen-bond donors (Lipinski definition) is 1.